The van der Waals surface area contributed by atoms with Gasteiger partial charge in [-0.25, -0.2) is 14.6 Å². The number of carbonyl (C=O) groups is 3. The van der Waals surface area contributed by atoms with Crippen molar-refractivity contribution in [1.82, 2.24) is 5.43 Å². The predicted molar refractivity (Wildman–Crippen MR) is 113 cm³/mol. The van der Waals surface area contributed by atoms with Crippen LogP contribution in [0.5, 0.6) is 5.75 Å². The molecule has 0 radical (unpaired) electrons. The standard InChI is InChI=1S/C23H18FN3O4/c1-15-4-2-3-5-20(15)23(30)31-19-12-6-16(7-13-19)14-25-27-22(29)21(28)26-18-10-8-17(24)9-11-18/h2-14H,1H3,(H,26,28)(H,27,29)/b25-14+. The zero-order chi connectivity index (χ0) is 22.2. The van der Waals surface area contributed by atoms with Gasteiger partial charge in [0.25, 0.3) is 0 Å². The van der Waals surface area contributed by atoms with Gasteiger partial charge in [0.1, 0.15) is 11.6 Å². The highest BCUT2D eigenvalue weighted by molar-refractivity contribution is 6.39. The first-order chi connectivity index (χ1) is 14.9. The highest BCUT2D eigenvalue weighted by atomic mass is 19.1. The molecule has 0 fully saturated rings. The second kappa shape index (κ2) is 9.93. The van der Waals surface area contributed by atoms with Gasteiger partial charge in [0.15, 0.2) is 0 Å². The van der Waals surface area contributed by atoms with Gasteiger partial charge in [-0.3, -0.25) is 9.59 Å². The fraction of sp³-hybridized carbons (Fsp3) is 0.0435. The summed E-state index contributed by atoms with van der Waals surface area (Å²) in [6, 6.07) is 18.5. The molecule has 0 aromatic heterocycles. The number of hydrazone groups is 1. The molecule has 31 heavy (non-hydrogen) atoms. The lowest BCUT2D eigenvalue weighted by molar-refractivity contribution is -0.136. The van der Waals surface area contributed by atoms with Crippen LogP contribution in [0.3, 0.4) is 0 Å². The Bertz CT molecular complexity index is 1130. The Morgan fingerprint density at radius 3 is 2.26 bits per heavy atom. The highest BCUT2D eigenvalue weighted by Crippen LogP contribution is 2.15. The lowest BCUT2D eigenvalue weighted by Crippen LogP contribution is -2.32. The number of nitrogens with zero attached hydrogens (tertiary/aromatic N) is 1. The van der Waals surface area contributed by atoms with E-state index >= 15 is 0 Å². The summed E-state index contributed by atoms with van der Waals surface area (Å²) < 4.78 is 18.2. The lowest BCUT2D eigenvalue weighted by atomic mass is 10.1. The average Bonchev–Trinajstić information content (AvgIpc) is 2.76. The maximum Gasteiger partial charge on any atom is 0.343 e. The van der Waals surface area contributed by atoms with Gasteiger partial charge < -0.3 is 10.1 Å². The van der Waals surface area contributed by atoms with Gasteiger partial charge in [-0.1, -0.05) is 18.2 Å². The van der Waals surface area contributed by atoms with Crippen molar-refractivity contribution in [3.05, 3.63) is 95.3 Å². The molecule has 2 N–H and O–H groups in total. The third-order valence-corrected chi connectivity index (χ3v) is 4.14. The molecule has 0 unspecified atom stereocenters. The minimum Gasteiger partial charge on any atom is -0.423 e. The number of nitrogens with one attached hydrogen (secondary N) is 2. The summed E-state index contributed by atoms with van der Waals surface area (Å²) in [6.45, 7) is 1.82. The number of rotatable bonds is 5. The summed E-state index contributed by atoms with van der Waals surface area (Å²) in [5.74, 6) is -2.48. The molecule has 0 aliphatic heterocycles. The third kappa shape index (κ3) is 6.07. The SMILES string of the molecule is Cc1ccccc1C(=O)Oc1ccc(/C=N/NC(=O)C(=O)Nc2ccc(F)cc2)cc1. The number of halogens is 1. The molecule has 0 atom stereocenters. The van der Waals surface area contributed by atoms with Crippen molar-refractivity contribution in [3.8, 4) is 5.75 Å². The van der Waals surface area contributed by atoms with Gasteiger partial charge in [0.2, 0.25) is 0 Å². The first kappa shape index (κ1) is 21.4. The summed E-state index contributed by atoms with van der Waals surface area (Å²) in [7, 11) is 0. The van der Waals surface area contributed by atoms with E-state index in [0.29, 0.717) is 16.9 Å². The molecule has 0 spiro atoms. The normalized spacial score (nSPS) is 10.5. The summed E-state index contributed by atoms with van der Waals surface area (Å²) in [5, 5.41) is 6.04. The first-order valence-electron chi connectivity index (χ1n) is 9.20. The van der Waals surface area contributed by atoms with Crippen molar-refractivity contribution < 1.29 is 23.5 Å². The zero-order valence-corrected chi connectivity index (χ0v) is 16.5. The number of amides is 2. The van der Waals surface area contributed by atoms with E-state index < -0.39 is 23.6 Å². The maximum atomic E-state index is 12.9. The molecule has 0 aliphatic rings. The summed E-state index contributed by atoms with van der Waals surface area (Å²) in [4.78, 5) is 35.8. The van der Waals surface area contributed by atoms with Crippen LogP contribution in [0.1, 0.15) is 21.5 Å². The fourth-order valence-electron chi connectivity index (χ4n) is 2.52. The summed E-state index contributed by atoms with van der Waals surface area (Å²) >= 11 is 0. The Hall–Kier alpha value is -4.33. The molecule has 3 aromatic carbocycles. The van der Waals surface area contributed by atoms with E-state index in [1.165, 1.54) is 18.3 Å². The molecule has 0 heterocycles. The molecule has 0 aliphatic carbocycles. The van der Waals surface area contributed by atoms with Gasteiger partial charge in [-0.2, -0.15) is 5.10 Å². The molecule has 0 saturated heterocycles. The molecular formula is C23H18FN3O4. The van der Waals surface area contributed by atoms with Gasteiger partial charge in [0.05, 0.1) is 11.8 Å². The summed E-state index contributed by atoms with van der Waals surface area (Å²) in [5.41, 5.74) is 4.28. The van der Waals surface area contributed by atoms with E-state index in [1.807, 2.05) is 19.1 Å². The van der Waals surface area contributed by atoms with Crippen LogP contribution in [-0.2, 0) is 9.59 Å². The second-order valence-corrected chi connectivity index (χ2v) is 6.43. The van der Waals surface area contributed by atoms with Gasteiger partial charge in [0, 0.05) is 5.69 Å². The number of carbonyl (C=O) groups excluding carboxylic acids is 3. The number of benzene rings is 3. The summed E-state index contributed by atoms with van der Waals surface area (Å²) in [6.07, 6.45) is 1.33. The van der Waals surface area contributed by atoms with Gasteiger partial charge >= 0.3 is 17.8 Å². The Labute approximate surface area is 177 Å². The van der Waals surface area contributed by atoms with Crippen molar-refractivity contribution in [1.29, 1.82) is 0 Å². The number of ether oxygens (including phenoxy) is 1. The minimum absolute atomic E-state index is 0.279. The van der Waals surface area contributed by atoms with Gasteiger partial charge in [-0.05, 0) is 72.6 Å². The van der Waals surface area contributed by atoms with Crippen LogP contribution in [0, 0.1) is 12.7 Å². The Kier molecular flexibility index (Phi) is 6.85. The molecule has 0 saturated carbocycles. The van der Waals surface area contributed by atoms with Crippen molar-refractivity contribution in [3.63, 3.8) is 0 Å². The number of aryl methyl sites for hydroxylation is 1. The largest absolute Gasteiger partial charge is 0.423 e. The Balaban J connectivity index is 1.51. The molecule has 156 valence electrons. The highest BCUT2D eigenvalue weighted by Gasteiger charge is 2.13. The van der Waals surface area contributed by atoms with Crippen LogP contribution in [0.2, 0.25) is 0 Å². The lowest BCUT2D eigenvalue weighted by Gasteiger charge is -2.06. The number of hydrogen-bond donors (Lipinski definition) is 2. The molecule has 2 amide bonds. The van der Waals surface area contributed by atoms with E-state index in [9.17, 15) is 18.8 Å². The van der Waals surface area contributed by atoms with Crippen molar-refractivity contribution in [2.24, 2.45) is 5.10 Å². The molecule has 0 bridgehead atoms. The number of anilines is 1. The predicted octanol–water partition coefficient (Wildman–Crippen LogP) is 3.44. The fourth-order valence-corrected chi connectivity index (χ4v) is 2.52. The first-order valence-corrected chi connectivity index (χ1v) is 9.20. The minimum atomic E-state index is -0.982. The van der Waals surface area contributed by atoms with E-state index in [0.717, 1.165) is 17.7 Å². The molecule has 7 nitrogen and oxygen atoms in total. The quantitative estimate of drug-likeness (QED) is 0.218. The number of esters is 1. The third-order valence-electron chi connectivity index (χ3n) is 4.14. The Morgan fingerprint density at radius 1 is 0.903 bits per heavy atom. The van der Waals surface area contributed by atoms with Crippen LogP contribution < -0.4 is 15.5 Å². The van der Waals surface area contributed by atoms with Crippen molar-refractivity contribution >= 4 is 29.7 Å². The van der Waals surface area contributed by atoms with Crippen molar-refractivity contribution in [2.75, 3.05) is 5.32 Å². The maximum absolute atomic E-state index is 12.9. The molecule has 3 rings (SSSR count). The van der Waals surface area contributed by atoms with Crippen LogP contribution in [0.4, 0.5) is 10.1 Å². The molecule has 8 heteroatoms. The second-order valence-electron chi connectivity index (χ2n) is 6.43. The zero-order valence-electron chi connectivity index (χ0n) is 16.5. The molecular weight excluding hydrogens is 401 g/mol. The van der Waals surface area contributed by atoms with E-state index in [2.05, 4.69) is 15.8 Å². The van der Waals surface area contributed by atoms with Crippen LogP contribution in [-0.4, -0.2) is 24.0 Å². The van der Waals surface area contributed by atoms with Crippen molar-refractivity contribution in [2.45, 2.75) is 6.92 Å². The Morgan fingerprint density at radius 2 is 1.58 bits per heavy atom. The average molecular weight is 419 g/mol. The van der Waals surface area contributed by atoms with Crippen LogP contribution in [0.25, 0.3) is 0 Å². The van der Waals surface area contributed by atoms with E-state index in [-0.39, 0.29) is 5.69 Å². The smallest absolute Gasteiger partial charge is 0.343 e. The number of hydrogen-bond acceptors (Lipinski definition) is 5. The van der Waals surface area contributed by atoms with Crippen LogP contribution >= 0.6 is 0 Å². The topological polar surface area (TPSA) is 96.9 Å². The molecule has 3 aromatic rings. The van der Waals surface area contributed by atoms with Crippen LogP contribution in [0.15, 0.2) is 77.9 Å². The van der Waals surface area contributed by atoms with Gasteiger partial charge in [-0.15, -0.1) is 0 Å². The van der Waals surface area contributed by atoms with E-state index in [4.69, 9.17) is 4.74 Å². The van der Waals surface area contributed by atoms with E-state index in [1.54, 1.807) is 36.4 Å². The monoisotopic (exact) mass is 419 g/mol.